The van der Waals surface area contributed by atoms with Gasteiger partial charge in [-0.15, -0.1) is 0 Å². The maximum absolute atomic E-state index is 5.91. The first-order valence-corrected chi connectivity index (χ1v) is 13.5. The van der Waals surface area contributed by atoms with E-state index >= 15 is 0 Å². The predicted molar refractivity (Wildman–Crippen MR) is 103 cm³/mol. The van der Waals surface area contributed by atoms with Gasteiger partial charge < -0.3 is 4.74 Å². The smallest absolute Gasteiger partial charge is 0.119 e. The SMILES string of the molecule is C[Si](C)CCCCCOc1ccc2cc([Si](C)C)ccc2c1. The Labute approximate surface area is 138 Å². The second-order valence-electron chi connectivity index (χ2n) is 6.59. The highest BCUT2D eigenvalue weighted by Gasteiger charge is 2.03. The topological polar surface area (TPSA) is 9.23 Å². The molecule has 0 bridgehead atoms. The second kappa shape index (κ2) is 8.54. The summed E-state index contributed by atoms with van der Waals surface area (Å²) >= 11 is 0. The number of benzene rings is 2. The molecule has 0 atom stereocenters. The van der Waals surface area contributed by atoms with Crippen LogP contribution in [0.5, 0.6) is 5.75 Å². The van der Waals surface area contributed by atoms with Crippen LogP contribution in [0.2, 0.25) is 32.2 Å². The van der Waals surface area contributed by atoms with E-state index < -0.39 is 0 Å². The molecule has 0 aliphatic carbocycles. The van der Waals surface area contributed by atoms with Crippen LogP contribution in [-0.2, 0) is 0 Å². The summed E-state index contributed by atoms with van der Waals surface area (Å²) in [6.07, 6.45) is 3.83. The average molecular weight is 329 g/mol. The van der Waals surface area contributed by atoms with Crippen LogP contribution in [0.1, 0.15) is 19.3 Å². The number of unbranched alkanes of at least 4 members (excludes halogenated alkanes) is 2. The van der Waals surface area contributed by atoms with Crippen LogP contribution in [0, 0.1) is 0 Å². The normalized spacial score (nSPS) is 11.5. The molecule has 0 aliphatic heterocycles. The highest BCUT2D eigenvalue weighted by atomic mass is 28.3. The quantitative estimate of drug-likeness (QED) is 0.483. The minimum atomic E-state index is -0.371. The third-order valence-electron chi connectivity index (χ3n) is 3.98. The number of rotatable bonds is 8. The molecule has 0 unspecified atom stereocenters. The molecule has 0 spiro atoms. The lowest BCUT2D eigenvalue weighted by Crippen LogP contribution is -2.21. The van der Waals surface area contributed by atoms with Gasteiger partial charge >= 0.3 is 0 Å². The Balaban J connectivity index is 1.86. The summed E-state index contributed by atoms with van der Waals surface area (Å²) in [5.74, 6) is 1.01. The Hall–Kier alpha value is -1.07. The summed E-state index contributed by atoms with van der Waals surface area (Å²) in [5.41, 5.74) is 0. The van der Waals surface area contributed by atoms with Crippen molar-refractivity contribution in [1.82, 2.24) is 0 Å². The van der Waals surface area contributed by atoms with Crippen molar-refractivity contribution in [2.75, 3.05) is 6.61 Å². The van der Waals surface area contributed by atoms with Crippen LogP contribution < -0.4 is 9.92 Å². The van der Waals surface area contributed by atoms with E-state index in [2.05, 4.69) is 62.6 Å². The maximum Gasteiger partial charge on any atom is 0.119 e. The molecule has 22 heavy (non-hydrogen) atoms. The molecule has 2 rings (SSSR count). The largest absolute Gasteiger partial charge is 0.494 e. The minimum Gasteiger partial charge on any atom is -0.494 e. The standard InChI is InChI=1S/C19H28OSi2/c1-21(2)13-7-5-6-12-20-18-10-8-17-15-19(22(3)4)11-9-16(17)14-18/h8-11,14-15H,5-7,12-13H2,1-4H3. The highest BCUT2D eigenvalue weighted by Crippen LogP contribution is 2.20. The molecule has 1 nitrogen and oxygen atoms in total. The first kappa shape index (κ1) is 17.3. The molecule has 2 aromatic rings. The zero-order valence-electron chi connectivity index (χ0n) is 14.4. The van der Waals surface area contributed by atoms with Crippen LogP contribution in [0.4, 0.5) is 0 Å². The van der Waals surface area contributed by atoms with Crippen molar-refractivity contribution < 1.29 is 4.74 Å². The number of hydrogen-bond donors (Lipinski definition) is 0. The summed E-state index contributed by atoms with van der Waals surface area (Å²) in [7, 11) is -0.416. The van der Waals surface area contributed by atoms with Gasteiger partial charge in [0.15, 0.2) is 0 Å². The van der Waals surface area contributed by atoms with E-state index in [-0.39, 0.29) is 17.6 Å². The van der Waals surface area contributed by atoms with Gasteiger partial charge in [0, 0.05) is 8.80 Å². The minimum absolute atomic E-state index is 0.0458. The molecule has 0 aromatic heterocycles. The second-order valence-corrected chi connectivity index (χ2v) is 12.1. The molecule has 0 N–H and O–H groups in total. The Morgan fingerprint density at radius 2 is 1.55 bits per heavy atom. The highest BCUT2D eigenvalue weighted by molar-refractivity contribution is 6.70. The summed E-state index contributed by atoms with van der Waals surface area (Å²) < 4.78 is 5.91. The van der Waals surface area contributed by atoms with Crippen LogP contribution >= 0.6 is 0 Å². The van der Waals surface area contributed by atoms with Gasteiger partial charge in [-0.3, -0.25) is 0 Å². The van der Waals surface area contributed by atoms with Gasteiger partial charge in [0.05, 0.1) is 15.4 Å². The Kier molecular flexibility index (Phi) is 6.71. The van der Waals surface area contributed by atoms with Crippen molar-refractivity contribution in [1.29, 1.82) is 0 Å². The predicted octanol–water partition coefficient (Wildman–Crippen LogP) is 5.10. The summed E-state index contributed by atoms with van der Waals surface area (Å²) in [4.78, 5) is 0. The molecule has 0 saturated heterocycles. The van der Waals surface area contributed by atoms with Crippen molar-refractivity contribution in [2.45, 2.75) is 51.5 Å². The number of ether oxygens (including phenoxy) is 1. The molecule has 2 aromatic carbocycles. The zero-order chi connectivity index (χ0) is 15.9. The van der Waals surface area contributed by atoms with Gasteiger partial charge in [-0.05, 0) is 29.3 Å². The van der Waals surface area contributed by atoms with Gasteiger partial charge in [-0.2, -0.15) is 0 Å². The van der Waals surface area contributed by atoms with E-state index in [0.717, 1.165) is 12.4 Å². The van der Waals surface area contributed by atoms with Crippen molar-refractivity contribution in [3.05, 3.63) is 36.4 Å². The molecule has 0 saturated carbocycles. The van der Waals surface area contributed by atoms with Gasteiger partial charge in [-0.1, -0.05) is 74.5 Å². The third kappa shape index (κ3) is 5.29. The fraction of sp³-hybridized carbons (Fsp3) is 0.474. The van der Waals surface area contributed by atoms with Crippen molar-refractivity contribution in [3.63, 3.8) is 0 Å². The molecule has 0 aliphatic rings. The lowest BCUT2D eigenvalue weighted by molar-refractivity contribution is 0.306. The molecular weight excluding hydrogens is 300 g/mol. The fourth-order valence-corrected chi connectivity index (χ4v) is 4.39. The lowest BCUT2D eigenvalue weighted by Gasteiger charge is -2.09. The number of hydrogen-bond acceptors (Lipinski definition) is 1. The van der Waals surface area contributed by atoms with E-state index in [0.29, 0.717) is 0 Å². The molecule has 118 valence electrons. The van der Waals surface area contributed by atoms with E-state index in [4.69, 9.17) is 4.74 Å². The monoisotopic (exact) mass is 328 g/mol. The fourth-order valence-electron chi connectivity index (χ4n) is 2.57. The molecule has 0 amide bonds. The Morgan fingerprint density at radius 1 is 0.818 bits per heavy atom. The van der Waals surface area contributed by atoms with Gasteiger partial charge in [-0.25, -0.2) is 0 Å². The summed E-state index contributed by atoms with van der Waals surface area (Å²) in [5, 5.41) is 4.12. The van der Waals surface area contributed by atoms with Gasteiger partial charge in [0.1, 0.15) is 5.75 Å². The van der Waals surface area contributed by atoms with Crippen molar-refractivity contribution in [2.24, 2.45) is 0 Å². The molecule has 2 radical (unpaired) electrons. The van der Waals surface area contributed by atoms with Crippen LogP contribution in [0.25, 0.3) is 10.8 Å². The molecule has 3 heteroatoms. The van der Waals surface area contributed by atoms with Crippen LogP contribution in [-0.4, -0.2) is 24.2 Å². The van der Waals surface area contributed by atoms with Gasteiger partial charge in [0.2, 0.25) is 0 Å². The Bertz CT molecular complexity index is 593. The van der Waals surface area contributed by atoms with Crippen LogP contribution in [0.3, 0.4) is 0 Å². The van der Waals surface area contributed by atoms with Gasteiger partial charge in [0.25, 0.3) is 0 Å². The first-order valence-electron chi connectivity index (χ1n) is 8.32. The Morgan fingerprint density at radius 3 is 2.27 bits per heavy atom. The van der Waals surface area contributed by atoms with Crippen molar-refractivity contribution in [3.8, 4) is 5.75 Å². The van der Waals surface area contributed by atoms with E-state index in [9.17, 15) is 0 Å². The maximum atomic E-state index is 5.91. The average Bonchev–Trinajstić information content (AvgIpc) is 2.49. The molecule has 0 fully saturated rings. The third-order valence-corrected chi connectivity index (χ3v) is 6.80. The summed E-state index contributed by atoms with van der Waals surface area (Å²) in [6, 6.07) is 14.8. The van der Waals surface area contributed by atoms with E-state index in [1.807, 2.05) is 0 Å². The van der Waals surface area contributed by atoms with E-state index in [1.165, 1.54) is 41.3 Å². The lowest BCUT2D eigenvalue weighted by atomic mass is 10.1. The molecule has 0 heterocycles. The molecular formula is C19H28OSi2. The zero-order valence-corrected chi connectivity index (χ0v) is 16.4. The van der Waals surface area contributed by atoms with Crippen LogP contribution in [0.15, 0.2) is 36.4 Å². The van der Waals surface area contributed by atoms with Crippen molar-refractivity contribution >= 4 is 33.6 Å². The number of fused-ring (bicyclic) bond motifs is 1. The first-order chi connectivity index (χ1) is 10.6. The van der Waals surface area contributed by atoms with E-state index in [1.54, 1.807) is 0 Å². The summed E-state index contributed by atoms with van der Waals surface area (Å²) in [6.45, 7) is 10.3.